The van der Waals surface area contributed by atoms with Gasteiger partial charge in [-0.1, -0.05) is 71.4 Å². The van der Waals surface area contributed by atoms with E-state index >= 15 is 0 Å². The van der Waals surface area contributed by atoms with E-state index in [0.717, 1.165) is 10.0 Å². The number of carboxylic acids is 1. The van der Waals surface area contributed by atoms with Gasteiger partial charge in [0.25, 0.3) is 0 Å². The minimum Gasteiger partial charge on any atom is -0.481 e. The Balaban J connectivity index is 2.12. The van der Waals surface area contributed by atoms with Crippen molar-refractivity contribution in [1.29, 1.82) is 0 Å². The summed E-state index contributed by atoms with van der Waals surface area (Å²) in [6.45, 7) is 1.88. The molecule has 2 N–H and O–H groups in total. The zero-order valence-corrected chi connectivity index (χ0v) is 15.0. The summed E-state index contributed by atoms with van der Waals surface area (Å²) < 4.78 is 0.864. The fourth-order valence-electron chi connectivity index (χ4n) is 2.67. The van der Waals surface area contributed by atoms with Crippen LogP contribution in [0, 0.1) is 0 Å². The Morgan fingerprint density at radius 3 is 2.29 bits per heavy atom. The molecule has 0 bridgehead atoms. The quantitative estimate of drug-likeness (QED) is 0.760. The van der Waals surface area contributed by atoms with E-state index in [-0.39, 0.29) is 18.9 Å². The topological polar surface area (TPSA) is 66.4 Å². The molecule has 24 heavy (non-hydrogen) atoms. The molecule has 4 nitrogen and oxygen atoms in total. The summed E-state index contributed by atoms with van der Waals surface area (Å²) in [7, 11) is 0. The molecular weight excluding hydrogens is 370 g/mol. The maximum Gasteiger partial charge on any atom is 0.315 e. The van der Waals surface area contributed by atoms with E-state index in [9.17, 15) is 14.7 Å². The highest BCUT2D eigenvalue weighted by Gasteiger charge is 2.38. The summed E-state index contributed by atoms with van der Waals surface area (Å²) in [6.07, 6.45) is 0.595. The smallest absolute Gasteiger partial charge is 0.315 e. The second kappa shape index (κ2) is 8.11. The molecule has 0 saturated carbocycles. The van der Waals surface area contributed by atoms with Crippen molar-refractivity contribution in [2.24, 2.45) is 0 Å². The van der Waals surface area contributed by atoms with Crippen LogP contribution in [-0.2, 0) is 21.4 Å². The lowest BCUT2D eigenvalue weighted by atomic mass is 9.78. The molecule has 0 heterocycles. The second-order valence-electron chi connectivity index (χ2n) is 5.65. The molecule has 2 aromatic rings. The van der Waals surface area contributed by atoms with E-state index in [2.05, 4.69) is 21.2 Å². The Kier molecular flexibility index (Phi) is 6.15. The predicted molar refractivity (Wildman–Crippen MR) is 96.9 cm³/mol. The van der Waals surface area contributed by atoms with Crippen LogP contribution in [0.25, 0.3) is 0 Å². The van der Waals surface area contributed by atoms with Gasteiger partial charge in [0.1, 0.15) is 5.41 Å². The summed E-state index contributed by atoms with van der Waals surface area (Å²) in [5, 5.41) is 12.6. The molecule has 1 amide bonds. The van der Waals surface area contributed by atoms with Gasteiger partial charge in [0.15, 0.2) is 0 Å². The molecule has 0 aliphatic heterocycles. The zero-order chi connectivity index (χ0) is 17.6. The van der Waals surface area contributed by atoms with E-state index in [4.69, 9.17) is 0 Å². The monoisotopic (exact) mass is 389 g/mol. The van der Waals surface area contributed by atoms with Crippen LogP contribution in [0.5, 0.6) is 0 Å². The predicted octanol–water partition coefficient (Wildman–Crippen LogP) is 3.54. The fraction of sp³-hybridized carbons (Fsp3) is 0.263. The molecule has 0 saturated heterocycles. The van der Waals surface area contributed by atoms with Crippen LogP contribution >= 0.6 is 15.9 Å². The second-order valence-corrected chi connectivity index (χ2v) is 6.51. The Hall–Kier alpha value is -2.14. The number of carbonyl (C=O) groups is 2. The molecule has 0 spiro atoms. The van der Waals surface area contributed by atoms with Gasteiger partial charge in [-0.2, -0.15) is 0 Å². The lowest BCUT2D eigenvalue weighted by Crippen LogP contribution is -2.46. The minimum absolute atomic E-state index is 0.0616. The number of nitrogens with one attached hydrogen (secondary N) is 1. The van der Waals surface area contributed by atoms with E-state index in [1.807, 2.05) is 49.4 Å². The van der Waals surface area contributed by atoms with Gasteiger partial charge < -0.3 is 10.4 Å². The number of carbonyl (C=O) groups excluding carboxylic acids is 1. The molecule has 5 heteroatoms. The Morgan fingerprint density at radius 1 is 1.08 bits per heavy atom. The van der Waals surface area contributed by atoms with Crippen LogP contribution in [0.1, 0.15) is 24.5 Å². The standard InChI is InChI=1S/C19H20BrNO3/c1-2-19(18(23)24,15-9-4-3-5-10-15)13-21-17(22)12-14-8-6-7-11-16(14)20/h3-11H,2,12-13H2,1H3,(H,21,22)(H,23,24). The van der Waals surface area contributed by atoms with E-state index in [0.29, 0.717) is 12.0 Å². The zero-order valence-electron chi connectivity index (χ0n) is 13.5. The summed E-state index contributed by atoms with van der Waals surface area (Å²) >= 11 is 3.41. The first-order chi connectivity index (χ1) is 11.5. The van der Waals surface area contributed by atoms with Gasteiger partial charge in [-0.05, 0) is 23.6 Å². The number of carboxylic acid groups (broad SMARTS) is 1. The highest BCUT2D eigenvalue weighted by molar-refractivity contribution is 9.10. The van der Waals surface area contributed by atoms with Crippen LogP contribution in [-0.4, -0.2) is 23.5 Å². The van der Waals surface area contributed by atoms with Crippen molar-refractivity contribution in [2.45, 2.75) is 25.2 Å². The summed E-state index contributed by atoms with van der Waals surface area (Å²) in [5.41, 5.74) is 0.443. The van der Waals surface area contributed by atoms with Crippen molar-refractivity contribution >= 4 is 27.8 Å². The lowest BCUT2D eigenvalue weighted by Gasteiger charge is -2.29. The van der Waals surface area contributed by atoms with E-state index < -0.39 is 11.4 Å². The van der Waals surface area contributed by atoms with Gasteiger partial charge in [0.05, 0.1) is 6.42 Å². The van der Waals surface area contributed by atoms with Crippen LogP contribution in [0.3, 0.4) is 0 Å². The highest BCUT2D eigenvalue weighted by atomic mass is 79.9. The van der Waals surface area contributed by atoms with Crippen molar-refractivity contribution < 1.29 is 14.7 Å². The maximum absolute atomic E-state index is 12.3. The molecule has 126 valence electrons. The highest BCUT2D eigenvalue weighted by Crippen LogP contribution is 2.28. The van der Waals surface area contributed by atoms with Crippen molar-refractivity contribution in [3.63, 3.8) is 0 Å². The van der Waals surface area contributed by atoms with Gasteiger partial charge in [-0.3, -0.25) is 9.59 Å². The number of benzene rings is 2. The first-order valence-corrected chi connectivity index (χ1v) is 8.58. The van der Waals surface area contributed by atoms with Crippen molar-refractivity contribution in [3.8, 4) is 0 Å². The SMILES string of the molecule is CCC(CNC(=O)Cc1ccccc1Br)(C(=O)O)c1ccccc1. The van der Waals surface area contributed by atoms with Gasteiger partial charge in [0, 0.05) is 11.0 Å². The Bertz CT molecular complexity index is 718. The van der Waals surface area contributed by atoms with E-state index in [1.54, 1.807) is 12.1 Å². The van der Waals surface area contributed by atoms with Crippen LogP contribution in [0.2, 0.25) is 0 Å². The normalized spacial score (nSPS) is 13.1. The summed E-state index contributed by atoms with van der Waals surface area (Å²) in [4.78, 5) is 24.2. The Labute approximate surface area is 150 Å². The third-order valence-electron chi connectivity index (χ3n) is 4.24. The lowest BCUT2D eigenvalue weighted by molar-refractivity contribution is -0.144. The molecular formula is C19H20BrNO3. The average molecular weight is 390 g/mol. The molecule has 0 fully saturated rings. The number of amides is 1. The van der Waals surface area contributed by atoms with Crippen LogP contribution in [0.4, 0.5) is 0 Å². The minimum atomic E-state index is -1.12. The van der Waals surface area contributed by atoms with Crippen molar-refractivity contribution in [1.82, 2.24) is 5.32 Å². The average Bonchev–Trinajstić information content (AvgIpc) is 2.58. The van der Waals surface area contributed by atoms with Gasteiger partial charge in [-0.25, -0.2) is 0 Å². The number of hydrogen-bond acceptors (Lipinski definition) is 2. The third kappa shape index (κ3) is 4.03. The molecule has 2 rings (SSSR count). The largest absolute Gasteiger partial charge is 0.481 e. The number of halogens is 1. The molecule has 0 aliphatic carbocycles. The Morgan fingerprint density at radius 2 is 1.71 bits per heavy atom. The molecule has 0 radical (unpaired) electrons. The summed E-state index contributed by atoms with van der Waals surface area (Å²) in [5.74, 6) is -1.13. The van der Waals surface area contributed by atoms with Crippen LogP contribution in [0.15, 0.2) is 59.1 Å². The van der Waals surface area contributed by atoms with Crippen LogP contribution < -0.4 is 5.32 Å². The van der Waals surface area contributed by atoms with Crippen molar-refractivity contribution in [3.05, 3.63) is 70.2 Å². The first-order valence-electron chi connectivity index (χ1n) is 7.78. The first kappa shape index (κ1) is 18.2. The number of hydrogen-bond donors (Lipinski definition) is 2. The van der Waals surface area contributed by atoms with Gasteiger partial charge >= 0.3 is 5.97 Å². The third-order valence-corrected chi connectivity index (χ3v) is 5.01. The van der Waals surface area contributed by atoms with E-state index in [1.165, 1.54) is 0 Å². The fourth-order valence-corrected chi connectivity index (χ4v) is 3.09. The van der Waals surface area contributed by atoms with Crippen molar-refractivity contribution in [2.75, 3.05) is 6.54 Å². The maximum atomic E-state index is 12.3. The van der Waals surface area contributed by atoms with Gasteiger partial charge in [0.2, 0.25) is 5.91 Å². The molecule has 1 unspecified atom stereocenters. The molecule has 2 aromatic carbocycles. The molecule has 0 aromatic heterocycles. The molecule has 1 atom stereocenters. The molecule has 0 aliphatic rings. The summed E-state index contributed by atoms with van der Waals surface area (Å²) in [6, 6.07) is 16.5. The number of aliphatic carboxylic acids is 1. The number of rotatable bonds is 7. The van der Waals surface area contributed by atoms with Gasteiger partial charge in [-0.15, -0.1) is 0 Å².